The summed E-state index contributed by atoms with van der Waals surface area (Å²) in [5.41, 5.74) is 5.88. The molecule has 1 aromatic rings. The number of rotatable bonds is 3. The normalized spacial score (nSPS) is 26.9. The molecule has 1 aromatic heterocycles. The van der Waals surface area contributed by atoms with Gasteiger partial charge in [-0.1, -0.05) is 19.1 Å². The zero-order valence-corrected chi connectivity index (χ0v) is 12.2. The lowest BCUT2D eigenvalue weighted by molar-refractivity contribution is 0.0900. The lowest BCUT2D eigenvalue weighted by Crippen LogP contribution is -2.58. The Kier molecular flexibility index (Phi) is 3.89. The number of amides is 1. The maximum Gasteiger partial charge on any atom is 0.255 e. The third-order valence-electron chi connectivity index (χ3n) is 3.92. The molecule has 0 radical (unpaired) electrons. The number of carbonyl (C=O) groups is 1. The zero-order chi connectivity index (χ0) is 14.0. The van der Waals surface area contributed by atoms with Crippen LogP contribution >= 0.6 is 12.2 Å². The van der Waals surface area contributed by atoms with Crippen LogP contribution in [-0.4, -0.2) is 26.2 Å². The maximum absolute atomic E-state index is 12.2. The average Bonchev–Trinajstić information content (AvgIpc) is 2.79. The summed E-state index contributed by atoms with van der Waals surface area (Å²) in [6.07, 6.45) is 6.93. The molecule has 3 N–H and O–H groups in total. The highest BCUT2D eigenvalue weighted by Gasteiger charge is 2.38. The van der Waals surface area contributed by atoms with Crippen molar-refractivity contribution >= 4 is 23.1 Å². The fraction of sp³-hybridized carbons (Fsp3) is 0.615. The van der Waals surface area contributed by atoms with Crippen molar-refractivity contribution in [1.82, 2.24) is 15.1 Å². The Morgan fingerprint density at radius 2 is 2.21 bits per heavy atom. The van der Waals surface area contributed by atoms with Crippen molar-refractivity contribution in [1.29, 1.82) is 0 Å². The molecule has 19 heavy (non-hydrogen) atoms. The molecule has 104 valence electrons. The first kappa shape index (κ1) is 14.0. The van der Waals surface area contributed by atoms with E-state index in [4.69, 9.17) is 18.0 Å². The van der Waals surface area contributed by atoms with Crippen molar-refractivity contribution in [3.63, 3.8) is 0 Å². The Hall–Kier alpha value is -1.43. The van der Waals surface area contributed by atoms with E-state index in [1.54, 1.807) is 24.1 Å². The van der Waals surface area contributed by atoms with Crippen molar-refractivity contribution in [2.75, 3.05) is 0 Å². The second-order valence-corrected chi connectivity index (χ2v) is 5.93. The summed E-state index contributed by atoms with van der Waals surface area (Å²) in [6.45, 7) is 2.21. The first-order valence-corrected chi connectivity index (χ1v) is 6.95. The van der Waals surface area contributed by atoms with Gasteiger partial charge in [-0.05, 0) is 31.6 Å². The van der Waals surface area contributed by atoms with Crippen molar-refractivity contribution in [2.24, 2.45) is 18.7 Å². The average molecular weight is 280 g/mol. The summed E-state index contributed by atoms with van der Waals surface area (Å²) < 4.78 is 1.60. The van der Waals surface area contributed by atoms with Crippen LogP contribution in [0.5, 0.6) is 0 Å². The van der Waals surface area contributed by atoms with Gasteiger partial charge in [0.05, 0.1) is 22.3 Å². The molecule has 0 aromatic carbocycles. The Morgan fingerprint density at radius 3 is 2.68 bits per heavy atom. The SMILES string of the molecule is CC1CCC(NC(=O)c2cnn(C)c2)(C(N)=S)CC1. The zero-order valence-electron chi connectivity index (χ0n) is 11.3. The second-order valence-electron chi connectivity index (χ2n) is 5.49. The van der Waals surface area contributed by atoms with E-state index in [2.05, 4.69) is 17.3 Å². The molecule has 0 spiro atoms. The van der Waals surface area contributed by atoms with Gasteiger partial charge in [0.1, 0.15) is 0 Å². The Labute approximate surface area is 118 Å². The Morgan fingerprint density at radius 1 is 1.58 bits per heavy atom. The van der Waals surface area contributed by atoms with E-state index in [0.717, 1.165) is 25.7 Å². The third kappa shape index (κ3) is 2.94. The fourth-order valence-electron chi connectivity index (χ4n) is 2.52. The van der Waals surface area contributed by atoms with Gasteiger partial charge in [0.15, 0.2) is 0 Å². The molecule has 1 aliphatic rings. The summed E-state index contributed by atoms with van der Waals surface area (Å²) >= 11 is 5.18. The van der Waals surface area contributed by atoms with Gasteiger partial charge in [-0.25, -0.2) is 0 Å². The third-order valence-corrected chi connectivity index (χ3v) is 4.31. The number of thiocarbonyl (C=S) groups is 1. The van der Waals surface area contributed by atoms with Gasteiger partial charge in [0, 0.05) is 13.2 Å². The lowest BCUT2D eigenvalue weighted by atomic mass is 9.77. The predicted octanol–water partition coefficient (Wildman–Crippen LogP) is 1.38. The van der Waals surface area contributed by atoms with Crippen molar-refractivity contribution < 1.29 is 4.79 Å². The molecule has 1 heterocycles. The van der Waals surface area contributed by atoms with Gasteiger partial charge < -0.3 is 11.1 Å². The van der Waals surface area contributed by atoms with Crippen LogP contribution in [0.3, 0.4) is 0 Å². The van der Waals surface area contributed by atoms with E-state index >= 15 is 0 Å². The lowest BCUT2D eigenvalue weighted by Gasteiger charge is -2.39. The molecule has 1 saturated carbocycles. The van der Waals surface area contributed by atoms with Crippen LogP contribution in [0, 0.1) is 5.92 Å². The standard InChI is InChI=1S/C13H20N4OS/c1-9-3-5-13(6-4-9,12(14)19)16-11(18)10-7-15-17(2)8-10/h7-9H,3-6H2,1-2H3,(H2,14,19)(H,16,18). The van der Waals surface area contributed by atoms with Crippen LogP contribution < -0.4 is 11.1 Å². The predicted molar refractivity (Wildman–Crippen MR) is 77.8 cm³/mol. The molecule has 0 atom stereocenters. The number of hydrogen-bond acceptors (Lipinski definition) is 3. The largest absolute Gasteiger partial charge is 0.391 e. The minimum Gasteiger partial charge on any atom is -0.391 e. The van der Waals surface area contributed by atoms with E-state index in [1.165, 1.54) is 0 Å². The smallest absolute Gasteiger partial charge is 0.255 e. The van der Waals surface area contributed by atoms with Crippen molar-refractivity contribution in [3.8, 4) is 0 Å². The second kappa shape index (κ2) is 5.28. The van der Waals surface area contributed by atoms with E-state index in [9.17, 15) is 4.79 Å². The molecule has 1 aliphatic carbocycles. The molecular weight excluding hydrogens is 260 g/mol. The summed E-state index contributed by atoms with van der Waals surface area (Å²) in [5, 5.41) is 7.03. The highest BCUT2D eigenvalue weighted by molar-refractivity contribution is 7.80. The van der Waals surface area contributed by atoms with Gasteiger partial charge in [0.25, 0.3) is 5.91 Å². The minimum atomic E-state index is -0.533. The molecule has 1 amide bonds. The van der Waals surface area contributed by atoms with Gasteiger partial charge in [-0.15, -0.1) is 0 Å². The number of nitrogens with one attached hydrogen (secondary N) is 1. The number of hydrogen-bond donors (Lipinski definition) is 2. The summed E-state index contributed by atoms with van der Waals surface area (Å²) in [7, 11) is 1.78. The van der Waals surface area contributed by atoms with E-state index in [-0.39, 0.29) is 5.91 Å². The summed E-state index contributed by atoms with van der Waals surface area (Å²) in [4.78, 5) is 12.6. The van der Waals surface area contributed by atoms with Crippen LogP contribution in [0.1, 0.15) is 43.0 Å². The van der Waals surface area contributed by atoms with E-state index in [1.807, 2.05) is 0 Å². The molecule has 2 rings (SSSR count). The van der Waals surface area contributed by atoms with Crippen LogP contribution in [0.2, 0.25) is 0 Å². The van der Waals surface area contributed by atoms with Crippen LogP contribution in [0.15, 0.2) is 12.4 Å². The summed E-state index contributed by atoms with van der Waals surface area (Å²) in [5.74, 6) is 0.508. The molecule has 0 unspecified atom stereocenters. The van der Waals surface area contributed by atoms with Crippen LogP contribution in [0.25, 0.3) is 0 Å². The molecule has 6 heteroatoms. The fourth-order valence-corrected chi connectivity index (χ4v) is 2.77. The number of nitrogens with two attached hydrogens (primary N) is 1. The van der Waals surface area contributed by atoms with Crippen LogP contribution in [0.4, 0.5) is 0 Å². The topological polar surface area (TPSA) is 72.9 Å². The molecule has 1 fully saturated rings. The quantitative estimate of drug-likeness (QED) is 0.821. The molecular formula is C13H20N4OS. The van der Waals surface area contributed by atoms with Crippen molar-refractivity contribution in [2.45, 2.75) is 38.1 Å². The van der Waals surface area contributed by atoms with E-state index in [0.29, 0.717) is 16.5 Å². The van der Waals surface area contributed by atoms with Crippen LogP contribution in [-0.2, 0) is 7.05 Å². The molecule has 0 bridgehead atoms. The molecule has 5 nitrogen and oxygen atoms in total. The van der Waals surface area contributed by atoms with Gasteiger partial charge in [-0.3, -0.25) is 9.48 Å². The number of nitrogens with zero attached hydrogens (tertiary/aromatic N) is 2. The first-order chi connectivity index (χ1) is 8.93. The van der Waals surface area contributed by atoms with Gasteiger partial charge in [0.2, 0.25) is 0 Å². The van der Waals surface area contributed by atoms with Gasteiger partial charge >= 0.3 is 0 Å². The molecule has 0 aliphatic heterocycles. The highest BCUT2D eigenvalue weighted by Crippen LogP contribution is 2.32. The minimum absolute atomic E-state index is 0.157. The van der Waals surface area contributed by atoms with Crippen molar-refractivity contribution in [3.05, 3.63) is 18.0 Å². The summed E-state index contributed by atoms with van der Waals surface area (Å²) in [6, 6.07) is 0. The monoisotopic (exact) mass is 280 g/mol. The number of aryl methyl sites for hydroxylation is 1. The molecule has 0 saturated heterocycles. The number of aromatic nitrogens is 2. The Bertz CT molecular complexity index is 489. The first-order valence-electron chi connectivity index (χ1n) is 6.54. The van der Waals surface area contributed by atoms with Gasteiger partial charge in [-0.2, -0.15) is 5.10 Å². The van der Waals surface area contributed by atoms with E-state index < -0.39 is 5.54 Å². The Balaban J connectivity index is 2.13. The maximum atomic E-state index is 12.2. The highest BCUT2D eigenvalue weighted by atomic mass is 32.1. The number of carbonyl (C=O) groups excluding carboxylic acids is 1.